The summed E-state index contributed by atoms with van der Waals surface area (Å²) in [6.45, 7) is 0. The van der Waals surface area contributed by atoms with Crippen LogP contribution in [-0.2, 0) is 14.3 Å². The maximum Gasteiger partial charge on any atom is 0.330 e. The van der Waals surface area contributed by atoms with Gasteiger partial charge in [-0.15, -0.1) is 0 Å². The Morgan fingerprint density at radius 1 is 1.00 bits per heavy atom. The van der Waals surface area contributed by atoms with Crippen molar-refractivity contribution in [3.63, 3.8) is 0 Å². The zero-order chi connectivity index (χ0) is 21.3. The van der Waals surface area contributed by atoms with Crippen molar-refractivity contribution in [1.29, 1.82) is 0 Å². The van der Waals surface area contributed by atoms with E-state index in [2.05, 4.69) is 4.74 Å². The summed E-state index contributed by atoms with van der Waals surface area (Å²) in [6.07, 6.45) is 9.81. The maximum absolute atomic E-state index is 11.3. The lowest BCUT2D eigenvalue weighted by Gasteiger charge is -2.35. The van der Waals surface area contributed by atoms with E-state index in [0.717, 1.165) is 36.8 Å². The Bertz CT molecular complexity index is 785. The van der Waals surface area contributed by atoms with Crippen molar-refractivity contribution in [1.82, 2.24) is 0 Å². The van der Waals surface area contributed by atoms with E-state index < -0.39 is 0 Å². The number of hydrogen-bond donors (Lipinski definition) is 0. The summed E-state index contributed by atoms with van der Waals surface area (Å²) < 4.78 is 11.4. The van der Waals surface area contributed by atoms with Crippen LogP contribution in [0.3, 0.4) is 0 Å². The Morgan fingerprint density at radius 3 is 2.13 bits per heavy atom. The minimum Gasteiger partial charge on any atom is -0.466 e. The summed E-state index contributed by atoms with van der Waals surface area (Å²) >= 11 is 12.2. The summed E-state index contributed by atoms with van der Waals surface area (Å²) in [7, 11) is 1.39. The molecule has 2 aromatic carbocycles. The molecule has 2 atom stereocenters. The van der Waals surface area contributed by atoms with Crippen molar-refractivity contribution >= 4 is 29.2 Å². The fourth-order valence-electron chi connectivity index (χ4n) is 4.04. The normalized spacial score (nSPS) is 19.3. The average molecular weight is 447 g/mol. The predicted octanol–water partition coefficient (Wildman–Crippen LogP) is 7.17. The van der Waals surface area contributed by atoms with Crippen molar-refractivity contribution in [2.75, 3.05) is 7.11 Å². The van der Waals surface area contributed by atoms with Crippen molar-refractivity contribution < 1.29 is 14.3 Å². The highest BCUT2D eigenvalue weighted by Gasteiger charge is 2.29. The lowest BCUT2D eigenvalue weighted by atomic mass is 9.83. The Balaban J connectivity index is 1.75. The van der Waals surface area contributed by atoms with Gasteiger partial charge in [-0.25, -0.2) is 4.79 Å². The van der Waals surface area contributed by atoms with Gasteiger partial charge in [0, 0.05) is 16.1 Å². The standard InChI is InChI=1S/C25H28Cl2O3/c1-29-24(28)9-5-3-7-18-6-2-4-8-23(18)30-25(19-10-14-21(26)15-11-19)20-12-16-22(27)17-13-20/h5,9-18,23,25H,2-4,6-8H2,1H3/b9-5+/t18-,23+/m0/s1. The lowest BCUT2D eigenvalue weighted by molar-refractivity contribution is -0.134. The van der Waals surface area contributed by atoms with Crippen LogP contribution >= 0.6 is 23.2 Å². The van der Waals surface area contributed by atoms with E-state index in [0.29, 0.717) is 16.0 Å². The fraction of sp³-hybridized carbons (Fsp3) is 0.400. The second-order valence-corrected chi connectivity index (χ2v) is 8.58. The van der Waals surface area contributed by atoms with E-state index in [1.165, 1.54) is 26.0 Å². The first kappa shape index (κ1) is 22.9. The number of carbonyl (C=O) groups excluding carboxylic acids is 1. The van der Waals surface area contributed by atoms with Gasteiger partial charge in [0.1, 0.15) is 6.10 Å². The first-order valence-electron chi connectivity index (χ1n) is 10.5. The topological polar surface area (TPSA) is 35.5 Å². The molecule has 1 aliphatic rings. The minimum atomic E-state index is -0.308. The van der Waals surface area contributed by atoms with Gasteiger partial charge in [-0.05, 0) is 67.0 Å². The third-order valence-electron chi connectivity index (χ3n) is 5.65. The van der Waals surface area contributed by atoms with Crippen LogP contribution in [0, 0.1) is 5.92 Å². The smallest absolute Gasteiger partial charge is 0.330 e. The third kappa shape index (κ3) is 6.60. The molecule has 0 spiro atoms. The number of ether oxygens (including phenoxy) is 2. The highest BCUT2D eigenvalue weighted by atomic mass is 35.5. The molecule has 30 heavy (non-hydrogen) atoms. The Morgan fingerprint density at radius 2 is 1.57 bits per heavy atom. The van der Waals surface area contributed by atoms with Crippen LogP contribution in [0.4, 0.5) is 0 Å². The van der Waals surface area contributed by atoms with Crippen molar-refractivity contribution in [3.05, 3.63) is 81.9 Å². The lowest BCUT2D eigenvalue weighted by Crippen LogP contribution is -2.29. The minimum absolute atomic E-state index is 0.168. The molecule has 0 saturated heterocycles. The van der Waals surface area contributed by atoms with Gasteiger partial charge in [-0.1, -0.05) is 66.4 Å². The molecule has 2 aromatic rings. The SMILES string of the molecule is COC(=O)/C=C/CC[C@@H]1CCCC[C@H]1OC(c1ccc(Cl)cc1)c1ccc(Cl)cc1. The summed E-state index contributed by atoms with van der Waals surface area (Å²) in [5.74, 6) is 0.153. The Kier molecular flexibility index (Phi) is 8.80. The number of esters is 1. The van der Waals surface area contributed by atoms with E-state index in [-0.39, 0.29) is 18.2 Å². The Labute approximate surface area is 189 Å². The summed E-state index contributed by atoms with van der Waals surface area (Å²) in [6, 6.07) is 15.7. The molecule has 0 radical (unpaired) electrons. The van der Waals surface area contributed by atoms with Crippen LogP contribution in [0.25, 0.3) is 0 Å². The predicted molar refractivity (Wildman–Crippen MR) is 122 cm³/mol. The van der Waals surface area contributed by atoms with Gasteiger partial charge in [0.15, 0.2) is 0 Å². The molecule has 0 aromatic heterocycles. The molecule has 1 fully saturated rings. The monoisotopic (exact) mass is 446 g/mol. The largest absolute Gasteiger partial charge is 0.466 e. The zero-order valence-corrected chi connectivity index (χ0v) is 18.7. The Hall–Kier alpha value is -1.81. The number of methoxy groups -OCH3 is 1. The second kappa shape index (κ2) is 11.5. The molecule has 0 bridgehead atoms. The molecule has 0 N–H and O–H groups in total. The maximum atomic E-state index is 11.3. The van der Waals surface area contributed by atoms with Gasteiger partial charge in [0.25, 0.3) is 0 Å². The first-order chi connectivity index (χ1) is 14.6. The van der Waals surface area contributed by atoms with Gasteiger partial charge >= 0.3 is 5.97 Å². The van der Waals surface area contributed by atoms with Crippen molar-refractivity contribution in [3.8, 4) is 0 Å². The molecule has 0 heterocycles. The summed E-state index contributed by atoms with van der Waals surface area (Å²) in [4.78, 5) is 11.3. The van der Waals surface area contributed by atoms with Crippen LogP contribution in [0.2, 0.25) is 10.0 Å². The van der Waals surface area contributed by atoms with Gasteiger partial charge in [-0.3, -0.25) is 0 Å². The summed E-state index contributed by atoms with van der Waals surface area (Å²) in [5.41, 5.74) is 2.16. The van der Waals surface area contributed by atoms with E-state index in [1.807, 2.05) is 54.6 Å². The van der Waals surface area contributed by atoms with Crippen LogP contribution in [-0.4, -0.2) is 19.2 Å². The van der Waals surface area contributed by atoms with Gasteiger partial charge in [0.2, 0.25) is 0 Å². The van der Waals surface area contributed by atoms with Crippen LogP contribution in [0.15, 0.2) is 60.7 Å². The summed E-state index contributed by atoms with van der Waals surface area (Å²) in [5, 5.41) is 1.42. The van der Waals surface area contributed by atoms with Gasteiger partial charge in [0.05, 0.1) is 13.2 Å². The van der Waals surface area contributed by atoms with Crippen molar-refractivity contribution in [2.24, 2.45) is 5.92 Å². The van der Waals surface area contributed by atoms with E-state index in [4.69, 9.17) is 27.9 Å². The third-order valence-corrected chi connectivity index (χ3v) is 6.16. The number of carbonyl (C=O) groups is 1. The number of benzene rings is 2. The molecule has 3 nitrogen and oxygen atoms in total. The average Bonchev–Trinajstić information content (AvgIpc) is 2.77. The second-order valence-electron chi connectivity index (χ2n) is 7.71. The van der Waals surface area contributed by atoms with Crippen LogP contribution < -0.4 is 0 Å². The highest BCUT2D eigenvalue weighted by Crippen LogP contribution is 2.37. The van der Waals surface area contributed by atoms with Crippen LogP contribution in [0.5, 0.6) is 0 Å². The van der Waals surface area contributed by atoms with E-state index >= 15 is 0 Å². The molecule has 0 aliphatic heterocycles. The highest BCUT2D eigenvalue weighted by molar-refractivity contribution is 6.30. The quantitative estimate of drug-likeness (QED) is 0.318. The van der Waals surface area contributed by atoms with E-state index in [9.17, 15) is 4.79 Å². The molecule has 5 heteroatoms. The molecule has 1 saturated carbocycles. The number of allylic oxidation sites excluding steroid dienone is 1. The molecular formula is C25H28Cl2O3. The molecule has 160 valence electrons. The molecule has 0 unspecified atom stereocenters. The van der Waals surface area contributed by atoms with Crippen molar-refractivity contribution in [2.45, 2.75) is 50.7 Å². The van der Waals surface area contributed by atoms with E-state index in [1.54, 1.807) is 0 Å². The fourth-order valence-corrected chi connectivity index (χ4v) is 4.29. The molecule has 3 rings (SSSR count). The van der Waals surface area contributed by atoms with Gasteiger partial charge < -0.3 is 9.47 Å². The zero-order valence-electron chi connectivity index (χ0n) is 17.2. The molecule has 0 amide bonds. The number of rotatable bonds is 8. The van der Waals surface area contributed by atoms with Crippen LogP contribution in [0.1, 0.15) is 55.8 Å². The first-order valence-corrected chi connectivity index (χ1v) is 11.2. The van der Waals surface area contributed by atoms with Gasteiger partial charge in [-0.2, -0.15) is 0 Å². The molecular weight excluding hydrogens is 419 g/mol. The number of halogens is 2. The number of hydrogen-bond acceptors (Lipinski definition) is 3. The molecule has 1 aliphatic carbocycles.